The van der Waals surface area contributed by atoms with Crippen LogP contribution in [0.25, 0.3) is 5.69 Å². The summed E-state index contributed by atoms with van der Waals surface area (Å²) in [5, 5.41) is 11.7. The molecule has 1 N–H and O–H groups in total. The molecule has 0 saturated carbocycles. The van der Waals surface area contributed by atoms with Crippen molar-refractivity contribution >= 4 is 23.5 Å². The van der Waals surface area contributed by atoms with Gasteiger partial charge in [0.2, 0.25) is 5.91 Å². The Hall–Kier alpha value is -2.87. The molecule has 140 valence electrons. The van der Waals surface area contributed by atoms with Crippen LogP contribution >= 0.6 is 11.8 Å². The number of hydrogen-bond acceptors (Lipinski definition) is 6. The molecule has 0 atom stereocenters. The zero-order chi connectivity index (χ0) is 19.2. The number of pyridine rings is 1. The Kier molecular flexibility index (Phi) is 6.08. The first kappa shape index (κ1) is 18.9. The molecule has 0 spiro atoms. The number of hydrogen-bond donors (Lipinski definition) is 1. The van der Waals surface area contributed by atoms with Gasteiger partial charge in [0.25, 0.3) is 0 Å². The second kappa shape index (κ2) is 8.68. The standard InChI is InChI=1S/C19H22N6OS/c1-14-4-7-16(8-5-14)25-13-22-23-19(25)27-12-18(26)21-11-15-6-9-17(20-10-15)24(2)3/h4-10,13H,11-12H2,1-3H3,(H,21,26). The van der Waals surface area contributed by atoms with Gasteiger partial charge in [-0.25, -0.2) is 4.98 Å². The van der Waals surface area contributed by atoms with Crippen molar-refractivity contribution in [2.24, 2.45) is 0 Å². The number of aromatic nitrogens is 4. The number of nitrogens with zero attached hydrogens (tertiary/aromatic N) is 5. The highest BCUT2D eigenvalue weighted by Crippen LogP contribution is 2.19. The molecule has 1 amide bonds. The number of amides is 1. The third kappa shape index (κ3) is 5.07. The zero-order valence-electron chi connectivity index (χ0n) is 15.6. The number of thioether (sulfide) groups is 1. The second-order valence-corrected chi connectivity index (χ2v) is 7.25. The fraction of sp³-hybridized carbons (Fsp3) is 0.263. The fourth-order valence-electron chi connectivity index (χ4n) is 2.37. The minimum atomic E-state index is -0.0601. The highest BCUT2D eigenvalue weighted by atomic mass is 32.2. The maximum atomic E-state index is 12.2. The molecule has 0 unspecified atom stereocenters. The summed E-state index contributed by atoms with van der Waals surface area (Å²) in [6, 6.07) is 12.0. The van der Waals surface area contributed by atoms with E-state index in [0.29, 0.717) is 11.7 Å². The van der Waals surface area contributed by atoms with Crippen molar-refractivity contribution in [3.05, 3.63) is 60.0 Å². The molecule has 0 aliphatic heterocycles. The minimum absolute atomic E-state index is 0.0601. The molecular formula is C19H22N6OS. The van der Waals surface area contributed by atoms with Gasteiger partial charge in [0.05, 0.1) is 5.75 Å². The Morgan fingerprint density at radius 1 is 1.19 bits per heavy atom. The number of aryl methyl sites for hydroxylation is 1. The summed E-state index contributed by atoms with van der Waals surface area (Å²) in [5.74, 6) is 1.10. The molecule has 2 aromatic heterocycles. The second-order valence-electron chi connectivity index (χ2n) is 6.30. The van der Waals surface area contributed by atoms with Crippen LogP contribution in [0.4, 0.5) is 5.82 Å². The highest BCUT2D eigenvalue weighted by Gasteiger charge is 2.10. The van der Waals surface area contributed by atoms with Crippen LogP contribution in [0.1, 0.15) is 11.1 Å². The van der Waals surface area contributed by atoms with Crippen molar-refractivity contribution in [2.45, 2.75) is 18.6 Å². The number of rotatable bonds is 7. The van der Waals surface area contributed by atoms with E-state index >= 15 is 0 Å². The van der Waals surface area contributed by atoms with E-state index in [0.717, 1.165) is 17.1 Å². The molecule has 0 aliphatic carbocycles. The molecule has 1 aromatic carbocycles. The van der Waals surface area contributed by atoms with Gasteiger partial charge in [-0.15, -0.1) is 10.2 Å². The van der Waals surface area contributed by atoms with Crippen molar-refractivity contribution in [1.82, 2.24) is 25.1 Å². The maximum Gasteiger partial charge on any atom is 0.230 e. The van der Waals surface area contributed by atoms with Gasteiger partial charge >= 0.3 is 0 Å². The molecule has 0 fully saturated rings. The number of nitrogens with one attached hydrogen (secondary N) is 1. The largest absolute Gasteiger partial charge is 0.363 e. The van der Waals surface area contributed by atoms with Gasteiger partial charge in [0.1, 0.15) is 12.1 Å². The Morgan fingerprint density at radius 3 is 2.63 bits per heavy atom. The predicted molar refractivity (Wildman–Crippen MR) is 107 cm³/mol. The zero-order valence-corrected chi connectivity index (χ0v) is 16.4. The molecular weight excluding hydrogens is 360 g/mol. The first-order chi connectivity index (χ1) is 13.0. The first-order valence-corrected chi connectivity index (χ1v) is 9.50. The van der Waals surface area contributed by atoms with E-state index in [2.05, 4.69) is 20.5 Å². The summed E-state index contributed by atoms with van der Waals surface area (Å²) in [6.45, 7) is 2.49. The molecule has 0 aliphatic rings. The summed E-state index contributed by atoms with van der Waals surface area (Å²) >= 11 is 1.36. The topological polar surface area (TPSA) is 75.9 Å². The molecule has 0 saturated heterocycles. The average molecular weight is 382 g/mol. The quantitative estimate of drug-likeness (QED) is 0.633. The van der Waals surface area contributed by atoms with Crippen LogP contribution in [0.15, 0.2) is 54.1 Å². The smallest absolute Gasteiger partial charge is 0.230 e. The van der Waals surface area contributed by atoms with Crippen molar-refractivity contribution in [1.29, 1.82) is 0 Å². The van der Waals surface area contributed by atoms with Gasteiger partial charge in [0, 0.05) is 32.5 Å². The molecule has 8 heteroatoms. The number of carbonyl (C=O) groups excluding carboxylic acids is 1. The number of benzene rings is 1. The van der Waals surface area contributed by atoms with Crippen molar-refractivity contribution < 1.29 is 4.79 Å². The van der Waals surface area contributed by atoms with Gasteiger partial charge in [-0.3, -0.25) is 9.36 Å². The van der Waals surface area contributed by atoms with E-state index in [1.807, 2.05) is 66.9 Å². The van der Waals surface area contributed by atoms with Crippen LogP contribution in [-0.2, 0) is 11.3 Å². The van der Waals surface area contributed by atoms with Gasteiger partial charge < -0.3 is 10.2 Å². The third-order valence-corrected chi connectivity index (χ3v) is 4.86. The maximum absolute atomic E-state index is 12.2. The first-order valence-electron chi connectivity index (χ1n) is 8.52. The van der Waals surface area contributed by atoms with Crippen LogP contribution in [0, 0.1) is 6.92 Å². The van der Waals surface area contributed by atoms with E-state index in [1.54, 1.807) is 12.5 Å². The number of carbonyl (C=O) groups is 1. The summed E-state index contributed by atoms with van der Waals surface area (Å²) in [5.41, 5.74) is 3.12. The van der Waals surface area contributed by atoms with Crippen molar-refractivity contribution in [3.8, 4) is 5.69 Å². The lowest BCUT2D eigenvalue weighted by Crippen LogP contribution is -2.24. The third-order valence-electron chi connectivity index (χ3n) is 3.92. The summed E-state index contributed by atoms with van der Waals surface area (Å²) in [6.07, 6.45) is 3.43. The van der Waals surface area contributed by atoms with Crippen LogP contribution in [0.3, 0.4) is 0 Å². The lowest BCUT2D eigenvalue weighted by molar-refractivity contribution is -0.118. The summed E-state index contributed by atoms with van der Waals surface area (Å²) < 4.78 is 1.88. The Morgan fingerprint density at radius 2 is 1.96 bits per heavy atom. The van der Waals surface area contributed by atoms with Gasteiger partial charge in [0.15, 0.2) is 5.16 Å². The molecule has 0 radical (unpaired) electrons. The van der Waals surface area contributed by atoms with Crippen LogP contribution in [0.5, 0.6) is 0 Å². The monoisotopic (exact) mass is 382 g/mol. The van der Waals surface area contributed by atoms with E-state index in [-0.39, 0.29) is 11.7 Å². The van der Waals surface area contributed by atoms with Crippen LogP contribution in [0.2, 0.25) is 0 Å². The molecule has 7 nitrogen and oxygen atoms in total. The van der Waals surface area contributed by atoms with E-state index in [4.69, 9.17) is 0 Å². The lowest BCUT2D eigenvalue weighted by Gasteiger charge is -2.11. The van der Waals surface area contributed by atoms with Crippen molar-refractivity contribution in [3.63, 3.8) is 0 Å². The molecule has 0 bridgehead atoms. The number of anilines is 1. The van der Waals surface area contributed by atoms with Gasteiger partial charge in [-0.1, -0.05) is 35.5 Å². The summed E-state index contributed by atoms with van der Waals surface area (Å²) in [7, 11) is 3.88. The van der Waals surface area contributed by atoms with Crippen molar-refractivity contribution in [2.75, 3.05) is 24.7 Å². The molecule has 27 heavy (non-hydrogen) atoms. The van der Waals surface area contributed by atoms with E-state index in [1.165, 1.54) is 17.3 Å². The lowest BCUT2D eigenvalue weighted by atomic mass is 10.2. The molecule has 3 aromatic rings. The van der Waals surface area contributed by atoms with E-state index < -0.39 is 0 Å². The fourth-order valence-corrected chi connectivity index (χ4v) is 3.13. The SMILES string of the molecule is Cc1ccc(-n2cnnc2SCC(=O)NCc2ccc(N(C)C)nc2)cc1. The minimum Gasteiger partial charge on any atom is -0.363 e. The average Bonchev–Trinajstić information content (AvgIpc) is 3.14. The van der Waals surface area contributed by atoms with E-state index in [9.17, 15) is 4.79 Å². The predicted octanol–water partition coefficient (Wildman–Crippen LogP) is 2.45. The Labute approximate surface area is 162 Å². The molecule has 3 rings (SSSR count). The summed E-state index contributed by atoms with van der Waals surface area (Å²) in [4.78, 5) is 18.4. The van der Waals surface area contributed by atoms with Crippen LogP contribution < -0.4 is 10.2 Å². The Bertz CT molecular complexity index is 889. The van der Waals surface area contributed by atoms with Crippen LogP contribution in [-0.4, -0.2) is 45.5 Å². The normalized spacial score (nSPS) is 10.6. The Balaban J connectivity index is 1.52. The van der Waals surface area contributed by atoms with Gasteiger partial charge in [-0.2, -0.15) is 0 Å². The molecule has 2 heterocycles. The highest BCUT2D eigenvalue weighted by molar-refractivity contribution is 7.99. The van der Waals surface area contributed by atoms with Gasteiger partial charge in [-0.05, 0) is 30.7 Å².